The van der Waals surface area contributed by atoms with Gasteiger partial charge < -0.3 is 15.6 Å². The molecule has 1 atom stereocenters. The Morgan fingerprint density at radius 3 is 2.95 bits per heavy atom. The highest BCUT2D eigenvalue weighted by Gasteiger charge is 2.26. The number of nitrogens with one attached hydrogen (secondary N) is 1. The van der Waals surface area contributed by atoms with Crippen molar-refractivity contribution in [2.75, 3.05) is 5.73 Å². The minimum Gasteiger partial charge on any atom is -0.399 e. The molecule has 1 unspecified atom stereocenters. The molecule has 0 bridgehead atoms. The van der Waals surface area contributed by atoms with Crippen molar-refractivity contribution in [1.82, 2.24) is 10.5 Å². The third-order valence-corrected chi connectivity index (χ3v) is 3.81. The van der Waals surface area contributed by atoms with Crippen molar-refractivity contribution in [3.8, 4) is 0 Å². The summed E-state index contributed by atoms with van der Waals surface area (Å²) < 4.78 is 5.04. The molecule has 0 spiro atoms. The fourth-order valence-corrected chi connectivity index (χ4v) is 2.82. The Morgan fingerprint density at radius 1 is 1.45 bits per heavy atom. The van der Waals surface area contributed by atoms with E-state index in [1.807, 2.05) is 18.2 Å². The largest absolute Gasteiger partial charge is 0.399 e. The van der Waals surface area contributed by atoms with Crippen molar-refractivity contribution in [3.63, 3.8) is 0 Å². The second kappa shape index (κ2) is 4.67. The molecule has 1 heterocycles. The Labute approximate surface area is 117 Å². The molecule has 0 radical (unpaired) electrons. The number of fused-ring (bicyclic) bond motifs is 1. The van der Waals surface area contributed by atoms with Gasteiger partial charge in [0, 0.05) is 5.69 Å². The maximum Gasteiger partial charge on any atom is 0.257 e. The molecule has 1 aliphatic carbocycles. The summed E-state index contributed by atoms with van der Waals surface area (Å²) in [7, 11) is 0. The molecule has 5 nitrogen and oxygen atoms in total. The summed E-state index contributed by atoms with van der Waals surface area (Å²) in [6.07, 6.45) is 1.83. The molecule has 104 valence electrons. The molecule has 0 fully saturated rings. The number of nitrogens with zero attached hydrogens (tertiary/aromatic N) is 1. The zero-order chi connectivity index (χ0) is 14.3. The Bertz CT molecular complexity index is 656. The molecule has 0 saturated heterocycles. The molecule has 1 aromatic heterocycles. The highest BCUT2D eigenvalue weighted by Crippen LogP contribution is 2.32. The molecule has 0 saturated carbocycles. The number of aromatic nitrogens is 1. The lowest BCUT2D eigenvalue weighted by Crippen LogP contribution is -2.27. The van der Waals surface area contributed by atoms with Gasteiger partial charge in [-0.3, -0.25) is 4.79 Å². The van der Waals surface area contributed by atoms with Crippen LogP contribution in [0.25, 0.3) is 0 Å². The van der Waals surface area contributed by atoms with Crippen LogP contribution in [0.3, 0.4) is 0 Å². The van der Waals surface area contributed by atoms with E-state index in [-0.39, 0.29) is 11.9 Å². The van der Waals surface area contributed by atoms with Gasteiger partial charge in [-0.25, -0.2) is 0 Å². The summed E-state index contributed by atoms with van der Waals surface area (Å²) >= 11 is 0. The van der Waals surface area contributed by atoms with E-state index in [4.69, 9.17) is 10.3 Å². The van der Waals surface area contributed by atoms with Crippen molar-refractivity contribution in [2.24, 2.45) is 0 Å². The maximum atomic E-state index is 12.3. The molecule has 3 N–H and O–H groups in total. The second-order valence-corrected chi connectivity index (χ2v) is 5.22. The average molecular weight is 271 g/mol. The topological polar surface area (TPSA) is 81.2 Å². The molecule has 3 rings (SSSR count). The van der Waals surface area contributed by atoms with Crippen LogP contribution < -0.4 is 11.1 Å². The Hall–Kier alpha value is -2.30. The predicted molar refractivity (Wildman–Crippen MR) is 75.4 cm³/mol. The summed E-state index contributed by atoms with van der Waals surface area (Å²) in [4.78, 5) is 12.3. The first kappa shape index (κ1) is 12.7. The van der Waals surface area contributed by atoms with E-state index in [1.165, 1.54) is 5.56 Å². The van der Waals surface area contributed by atoms with Crippen LogP contribution in [0.1, 0.15) is 45.4 Å². The van der Waals surface area contributed by atoms with Crippen LogP contribution in [0.2, 0.25) is 0 Å². The Kier molecular flexibility index (Phi) is 2.97. The fourth-order valence-electron chi connectivity index (χ4n) is 2.82. The first-order valence-electron chi connectivity index (χ1n) is 6.68. The maximum absolute atomic E-state index is 12.3. The fraction of sp³-hybridized carbons (Fsp3) is 0.333. The quantitative estimate of drug-likeness (QED) is 0.821. The average Bonchev–Trinajstić information content (AvgIpc) is 2.93. The first-order valence-corrected chi connectivity index (χ1v) is 6.68. The van der Waals surface area contributed by atoms with E-state index >= 15 is 0 Å². The first-order chi connectivity index (χ1) is 9.56. The normalized spacial score (nSPS) is 17.0. The number of rotatable bonds is 2. The number of hydrogen-bond acceptors (Lipinski definition) is 4. The van der Waals surface area contributed by atoms with Gasteiger partial charge in [0.15, 0.2) is 0 Å². The van der Waals surface area contributed by atoms with Gasteiger partial charge in [0.2, 0.25) is 0 Å². The summed E-state index contributed by atoms with van der Waals surface area (Å²) in [5.41, 5.74) is 10.1. The summed E-state index contributed by atoms with van der Waals surface area (Å²) in [5.74, 6) is 0.423. The molecule has 1 amide bonds. The summed E-state index contributed by atoms with van der Waals surface area (Å²) in [5, 5.41) is 6.87. The second-order valence-electron chi connectivity index (χ2n) is 5.22. The van der Waals surface area contributed by atoms with Gasteiger partial charge in [-0.2, -0.15) is 0 Å². The third-order valence-electron chi connectivity index (χ3n) is 3.81. The molecule has 1 aliphatic rings. The highest BCUT2D eigenvalue weighted by molar-refractivity contribution is 5.96. The predicted octanol–water partition coefficient (Wildman–Crippen LogP) is 2.29. The van der Waals surface area contributed by atoms with E-state index in [9.17, 15) is 4.79 Å². The van der Waals surface area contributed by atoms with Crippen LogP contribution >= 0.6 is 0 Å². The number of hydrogen-bond donors (Lipinski definition) is 2. The monoisotopic (exact) mass is 271 g/mol. The zero-order valence-corrected chi connectivity index (χ0v) is 11.6. The van der Waals surface area contributed by atoms with E-state index < -0.39 is 0 Å². The SMILES string of the molecule is Cc1noc(C)c1C(=O)NC1CCc2cc(N)ccc21. The molecular formula is C15H17N3O2. The van der Waals surface area contributed by atoms with E-state index in [1.54, 1.807) is 13.8 Å². The lowest BCUT2D eigenvalue weighted by Gasteiger charge is -2.14. The number of carbonyl (C=O) groups is 1. The van der Waals surface area contributed by atoms with Gasteiger partial charge >= 0.3 is 0 Å². The lowest BCUT2D eigenvalue weighted by molar-refractivity contribution is 0.0934. The number of aryl methyl sites for hydroxylation is 3. The van der Waals surface area contributed by atoms with Gasteiger partial charge in [0.05, 0.1) is 11.7 Å². The molecule has 0 aliphatic heterocycles. The number of anilines is 1. The van der Waals surface area contributed by atoms with E-state index in [0.29, 0.717) is 17.0 Å². The van der Waals surface area contributed by atoms with Gasteiger partial charge in [0.25, 0.3) is 5.91 Å². The summed E-state index contributed by atoms with van der Waals surface area (Å²) in [6.45, 7) is 3.52. The highest BCUT2D eigenvalue weighted by atomic mass is 16.5. The van der Waals surface area contributed by atoms with Gasteiger partial charge in [0.1, 0.15) is 11.3 Å². The van der Waals surface area contributed by atoms with Gasteiger partial charge in [-0.1, -0.05) is 11.2 Å². The van der Waals surface area contributed by atoms with Crippen molar-refractivity contribution < 1.29 is 9.32 Å². The van der Waals surface area contributed by atoms with Crippen LogP contribution in [0.5, 0.6) is 0 Å². The number of carbonyl (C=O) groups excluding carboxylic acids is 1. The lowest BCUT2D eigenvalue weighted by atomic mass is 10.1. The van der Waals surface area contributed by atoms with Gasteiger partial charge in [-0.15, -0.1) is 0 Å². The van der Waals surface area contributed by atoms with E-state index in [0.717, 1.165) is 24.1 Å². The number of amides is 1. The third kappa shape index (κ3) is 2.05. The van der Waals surface area contributed by atoms with Crippen LogP contribution in [-0.2, 0) is 6.42 Å². The van der Waals surface area contributed by atoms with Crippen molar-refractivity contribution >= 4 is 11.6 Å². The van der Waals surface area contributed by atoms with Crippen LogP contribution in [0, 0.1) is 13.8 Å². The van der Waals surface area contributed by atoms with Crippen molar-refractivity contribution in [3.05, 3.63) is 46.3 Å². The van der Waals surface area contributed by atoms with Crippen molar-refractivity contribution in [2.45, 2.75) is 32.7 Å². The minimum atomic E-state index is -0.129. The van der Waals surface area contributed by atoms with Crippen LogP contribution in [0.15, 0.2) is 22.7 Å². The Balaban J connectivity index is 1.83. The molecule has 2 aromatic rings. The van der Waals surface area contributed by atoms with Crippen molar-refractivity contribution in [1.29, 1.82) is 0 Å². The van der Waals surface area contributed by atoms with Crippen LogP contribution in [-0.4, -0.2) is 11.1 Å². The number of nitrogen functional groups attached to an aromatic ring is 1. The minimum absolute atomic E-state index is 0.0341. The van der Waals surface area contributed by atoms with Gasteiger partial charge in [-0.05, 0) is 49.9 Å². The Morgan fingerprint density at radius 2 is 2.25 bits per heavy atom. The number of nitrogens with two attached hydrogens (primary N) is 1. The zero-order valence-electron chi connectivity index (χ0n) is 11.6. The molecular weight excluding hydrogens is 254 g/mol. The summed E-state index contributed by atoms with van der Waals surface area (Å²) in [6, 6.07) is 5.89. The standard InChI is InChI=1S/C15H17N3O2/c1-8-14(9(2)20-18-8)15(19)17-13-6-3-10-7-11(16)4-5-12(10)13/h4-5,7,13H,3,6,16H2,1-2H3,(H,17,19). The number of benzene rings is 1. The smallest absolute Gasteiger partial charge is 0.257 e. The molecule has 1 aromatic carbocycles. The molecule has 20 heavy (non-hydrogen) atoms. The van der Waals surface area contributed by atoms with E-state index in [2.05, 4.69) is 10.5 Å². The van der Waals surface area contributed by atoms with Crippen LogP contribution in [0.4, 0.5) is 5.69 Å². The molecule has 5 heteroatoms.